The Bertz CT molecular complexity index is 743. The van der Waals surface area contributed by atoms with Crippen LogP contribution in [-0.4, -0.2) is 28.9 Å². The topological polar surface area (TPSA) is 36.1 Å². The van der Waals surface area contributed by atoms with E-state index in [0.717, 1.165) is 32.4 Å². The van der Waals surface area contributed by atoms with Crippen LogP contribution in [0, 0.1) is 17.5 Å². The highest BCUT2D eigenvalue weighted by atomic mass is 32.1. The molecule has 2 aromatic rings. The predicted molar refractivity (Wildman–Crippen MR) is 99.8 cm³/mol. The second kappa shape index (κ2) is 7.75. The summed E-state index contributed by atoms with van der Waals surface area (Å²) in [5.74, 6) is 0.773. The third-order valence-corrected chi connectivity index (χ3v) is 5.25. The molecule has 0 unspecified atom stereocenters. The van der Waals surface area contributed by atoms with Gasteiger partial charge in [-0.25, -0.2) is 0 Å². The first-order chi connectivity index (χ1) is 11.6. The van der Waals surface area contributed by atoms with E-state index in [4.69, 9.17) is 12.2 Å². The molecular formula is C20H24N2OS. The molecule has 0 spiro atoms. The van der Waals surface area contributed by atoms with Gasteiger partial charge in [0, 0.05) is 19.3 Å². The summed E-state index contributed by atoms with van der Waals surface area (Å²) in [5, 5.41) is 0. The second-order valence-electron chi connectivity index (χ2n) is 6.67. The van der Waals surface area contributed by atoms with Gasteiger partial charge in [-0.2, -0.15) is 0 Å². The van der Waals surface area contributed by atoms with E-state index in [1.54, 1.807) is 6.20 Å². The first-order valence-electron chi connectivity index (χ1n) is 8.66. The Morgan fingerprint density at radius 3 is 2.58 bits per heavy atom. The van der Waals surface area contributed by atoms with Gasteiger partial charge >= 0.3 is 0 Å². The normalized spacial score (nSPS) is 15.5. The number of likely N-dealkylation sites (tertiary alicyclic amines) is 1. The summed E-state index contributed by atoms with van der Waals surface area (Å²) in [5.41, 5.74) is 3.34. The van der Waals surface area contributed by atoms with Crippen molar-refractivity contribution >= 4 is 18.1 Å². The average molecular weight is 340 g/mol. The highest BCUT2D eigenvalue weighted by Gasteiger charge is 2.24. The van der Waals surface area contributed by atoms with Crippen LogP contribution in [0.15, 0.2) is 42.6 Å². The third-order valence-electron chi connectivity index (χ3n) is 4.91. The summed E-state index contributed by atoms with van der Waals surface area (Å²) in [4.78, 5) is 17.5. The Kier molecular flexibility index (Phi) is 5.46. The van der Waals surface area contributed by atoms with E-state index in [0.29, 0.717) is 16.1 Å². The van der Waals surface area contributed by atoms with Crippen LogP contribution >= 0.6 is 12.2 Å². The predicted octanol–water partition coefficient (Wildman–Crippen LogP) is 4.54. The quantitative estimate of drug-likeness (QED) is 0.830. The summed E-state index contributed by atoms with van der Waals surface area (Å²) in [7, 11) is 0. The first-order valence-corrected chi connectivity index (χ1v) is 9.07. The first kappa shape index (κ1) is 16.9. The molecule has 24 heavy (non-hydrogen) atoms. The zero-order valence-corrected chi connectivity index (χ0v) is 14.9. The van der Waals surface area contributed by atoms with Crippen LogP contribution in [0.3, 0.4) is 0 Å². The molecule has 1 aliphatic heterocycles. The van der Waals surface area contributed by atoms with E-state index < -0.39 is 0 Å². The maximum Gasteiger partial charge on any atom is 0.256 e. The molecule has 0 saturated carbocycles. The molecule has 4 heteroatoms. The fourth-order valence-electron chi connectivity index (χ4n) is 3.31. The molecule has 0 bridgehead atoms. The third kappa shape index (κ3) is 4.12. The Labute approximate surface area is 148 Å². The molecule has 0 atom stereocenters. The van der Waals surface area contributed by atoms with Crippen molar-refractivity contribution in [3.8, 4) is 0 Å². The minimum absolute atomic E-state index is 0.0637. The van der Waals surface area contributed by atoms with Crippen LogP contribution in [0.2, 0.25) is 0 Å². The monoisotopic (exact) mass is 340 g/mol. The molecule has 126 valence electrons. The lowest BCUT2D eigenvalue weighted by Crippen LogP contribution is -2.38. The fraction of sp³-hybridized carbons (Fsp3) is 0.400. The number of amides is 1. The average Bonchev–Trinajstić information content (AvgIpc) is 2.61. The second-order valence-corrected chi connectivity index (χ2v) is 7.08. The maximum absolute atomic E-state index is 12.6. The number of carbonyl (C=O) groups excluding carboxylic acids is 1. The zero-order chi connectivity index (χ0) is 16.9. The van der Waals surface area contributed by atoms with Crippen LogP contribution in [0.4, 0.5) is 0 Å². The Morgan fingerprint density at radius 2 is 1.92 bits per heavy atom. The molecule has 0 aliphatic carbocycles. The van der Waals surface area contributed by atoms with Crippen LogP contribution in [0.1, 0.15) is 40.7 Å². The minimum Gasteiger partial charge on any atom is -0.352 e. The van der Waals surface area contributed by atoms with Gasteiger partial charge in [0.1, 0.15) is 4.64 Å². The summed E-state index contributed by atoms with van der Waals surface area (Å²) in [6, 6.07) is 12.5. The lowest BCUT2D eigenvalue weighted by Gasteiger charge is -2.32. The molecule has 1 aromatic heterocycles. The van der Waals surface area contributed by atoms with Gasteiger partial charge < -0.3 is 9.88 Å². The molecule has 1 aromatic carbocycles. The highest BCUT2D eigenvalue weighted by molar-refractivity contribution is 7.71. The van der Waals surface area contributed by atoms with E-state index in [1.807, 2.05) is 17.0 Å². The van der Waals surface area contributed by atoms with Crippen molar-refractivity contribution in [1.29, 1.82) is 0 Å². The summed E-state index contributed by atoms with van der Waals surface area (Å²) in [6.07, 6.45) is 6.26. The molecule has 1 N–H and O–H groups in total. The van der Waals surface area contributed by atoms with Gasteiger partial charge in [-0.1, -0.05) is 42.0 Å². The molecule has 1 fully saturated rings. The number of nitrogens with zero attached hydrogens (tertiary/aromatic N) is 1. The molecule has 0 radical (unpaired) electrons. The number of aromatic amines is 1. The smallest absolute Gasteiger partial charge is 0.256 e. The van der Waals surface area contributed by atoms with Crippen molar-refractivity contribution in [1.82, 2.24) is 9.88 Å². The molecule has 3 nitrogen and oxygen atoms in total. The van der Waals surface area contributed by atoms with Crippen molar-refractivity contribution in [2.24, 2.45) is 5.92 Å². The summed E-state index contributed by atoms with van der Waals surface area (Å²) >= 11 is 5.22. The minimum atomic E-state index is 0.0637. The molecule has 3 rings (SSSR count). The molecule has 1 aliphatic rings. The number of piperidine rings is 1. The van der Waals surface area contributed by atoms with Gasteiger partial charge in [-0.3, -0.25) is 4.79 Å². The largest absolute Gasteiger partial charge is 0.352 e. The lowest BCUT2D eigenvalue weighted by molar-refractivity contribution is 0.0686. The number of hydrogen-bond acceptors (Lipinski definition) is 2. The number of carbonyl (C=O) groups is 1. The van der Waals surface area contributed by atoms with E-state index in [1.165, 1.54) is 17.5 Å². The number of aryl methyl sites for hydroxylation is 2. The Balaban J connectivity index is 1.50. The van der Waals surface area contributed by atoms with E-state index in [9.17, 15) is 4.79 Å². The van der Waals surface area contributed by atoms with Crippen LogP contribution in [-0.2, 0) is 6.42 Å². The van der Waals surface area contributed by atoms with Gasteiger partial charge in [0.15, 0.2) is 0 Å². The highest BCUT2D eigenvalue weighted by Crippen LogP contribution is 2.23. The SMILES string of the molecule is Cc1ccc(CCC2CCN(C(=O)c3ccc[nH]c3=S)CC2)cc1. The van der Waals surface area contributed by atoms with Crippen molar-refractivity contribution in [2.45, 2.75) is 32.6 Å². The summed E-state index contributed by atoms with van der Waals surface area (Å²) < 4.78 is 0.531. The van der Waals surface area contributed by atoms with Crippen molar-refractivity contribution in [3.63, 3.8) is 0 Å². The Hall–Kier alpha value is -1.94. The van der Waals surface area contributed by atoms with E-state index in [2.05, 4.69) is 36.2 Å². The van der Waals surface area contributed by atoms with Gasteiger partial charge in [0.2, 0.25) is 0 Å². The van der Waals surface area contributed by atoms with E-state index in [-0.39, 0.29) is 5.91 Å². The lowest BCUT2D eigenvalue weighted by atomic mass is 9.90. The number of pyridine rings is 1. The molecule has 1 saturated heterocycles. The van der Waals surface area contributed by atoms with E-state index >= 15 is 0 Å². The summed E-state index contributed by atoms with van der Waals surface area (Å²) in [6.45, 7) is 3.79. The standard InChI is InChI=1S/C20H24N2OS/c1-15-4-6-16(7-5-15)8-9-17-10-13-22(14-11-17)20(23)18-3-2-12-21-19(18)24/h2-7,12,17H,8-11,13-14H2,1H3,(H,21,24). The number of rotatable bonds is 4. The van der Waals surface area contributed by atoms with Crippen LogP contribution in [0.5, 0.6) is 0 Å². The molecule has 2 heterocycles. The van der Waals surface area contributed by atoms with Gasteiger partial charge in [0.25, 0.3) is 5.91 Å². The van der Waals surface area contributed by atoms with Gasteiger partial charge in [-0.05, 0) is 56.2 Å². The van der Waals surface area contributed by atoms with Gasteiger partial charge in [-0.15, -0.1) is 0 Å². The van der Waals surface area contributed by atoms with Crippen LogP contribution < -0.4 is 0 Å². The number of hydrogen-bond donors (Lipinski definition) is 1. The number of aromatic nitrogens is 1. The van der Waals surface area contributed by atoms with Crippen molar-refractivity contribution < 1.29 is 4.79 Å². The number of benzene rings is 1. The Morgan fingerprint density at radius 1 is 1.21 bits per heavy atom. The van der Waals surface area contributed by atoms with Crippen molar-refractivity contribution in [2.75, 3.05) is 13.1 Å². The molecular weight excluding hydrogens is 316 g/mol. The number of H-pyrrole nitrogens is 1. The van der Waals surface area contributed by atoms with Crippen LogP contribution in [0.25, 0.3) is 0 Å². The fourth-order valence-corrected chi connectivity index (χ4v) is 3.53. The van der Waals surface area contributed by atoms with Crippen molar-refractivity contribution in [3.05, 3.63) is 63.9 Å². The maximum atomic E-state index is 12.6. The number of nitrogens with one attached hydrogen (secondary N) is 1. The zero-order valence-electron chi connectivity index (χ0n) is 14.1. The molecule has 1 amide bonds. The van der Waals surface area contributed by atoms with Gasteiger partial charge in [0.05, 0.1) is 5.56 Å².